The monoisotopic (exact) mass is 500 g/mol. The Morgan fingerprint density at radius 2 is 1.27 bits per heavy atom. The highest BCUT2D eigenvalue weighted by molar-refractivity contribution is 6.02. The summed E-state index contributed by atoms with van der Waals surface area (Å²) in [5, 5.41) is 0. The Hall–Kier alpha value is -4.72. The van der Waals surface area contributed by atoms with Crippen LogP contribution in [0.25, 0.3) is 5.69 Å². The summed E-state index contributed by atoms with van der Waals surface area (Å²) < 4.78 is 24.4. The molecule has 0 fully saturated rings. The van der Waals surface area contributed by atoms with Crippen LogP contribution in [0.5, 0.6) is 17.2 Å². The quantitative estimate of drug-likeness (QED) is 0.293. The van der Waals surface area contributed by atoms with Crippen molar-refractivity contribution in [2.75, 3.05) is 13.7 Å². The molecule has 0 aliphatic heterocycles. The maximum absolute atomic E-state index is 13.3. The van der Waals surface area contributed by atoms with Crippen LogP contribution in [0.15, 0.2) is 84.9 Å². The summed E-state index contributed by atoms with van der Waals surface area (Å²) in [4.78, 5) is 26.2. The van der Waals surface area contributed by atoms with Crippen LogP contribution in [0.2, 0.25) is 0 Å². The van der Waals surface area contributed by atoms with E-state index in [2.05, 4.69) is 0 Å². The molecule has 37 heavy (non-hydrogen) atoms. The summed E-state index contributed by atoms with van der Waals surface area (Å²) in [5.74, 6) is -0.734. The first kappa shape index (κ1) is 25.4. The van der Waals surface area contributed by atoms with Crippen molar-refractivity contribution in [3.05, 3.63) is 107 Å². The molecule has 4 rings (SSSR count). The fraction of sp³-hybridized carbons (Fsp3) is 0.172. The minimum Gasteiger partial charge on any atom is -0.497 e. The molecule has 0 spiro atoms. The summed E-state index contributed by atoms with van der Waals surface area (Å²) in [6.07, 6.45) is 0. The van der Waals surface area contributed by atoms with Gasteiger partial charge in [-0.05, 0) is 42.3 Å². The standard InChI is InChI=1S/C29H28N2O6/c1-3-35-29(33)25-27(37-19-21-12-8-5-9-13-21)26(36-18-20-10-6-4-7-11-20)24(28(30)32)31(25)22-14-16-23(34-2)17-15-22/h4-17H,3,18-19H2,1-2H3,(H2,30,32). The summed E-state index contributed by atoms with van der Waals surface area (Å²) in [6, 6.07) is 25.7. The molecule has 0 unspecified atom stereocenters. The van der Waals surface area contributed by atoms with E-state index in [1.54, 1.807) is 38.3 Å². The molecule has 2 N–H and O–H groups in total. The lowest BCUT2D eigenvalue weighted by Crippen LogP contribution is -2.20. The minimum absolute atomic E-state index is 0.000176. The first-order valence-electron chi connectivity index (χ1n) is 11.8. The number of carbonyl (C=O) groups is 2. The molecule has 1 heterocycles. The van der Waals surface area contributed by atoms with Gasteiger partial charge < -0.3 is 24.7 Å². The topological polar surface area (TPSA) is 102 Å². The summed E-state index contributed by atoms with van der Waals surface area (Å²) in [6.45, 7) is 2.07. The molecule has 190 valence electrons. The van der Waals surface area contributed by atoms with E-state index in [4.69, 9.17) is 24.7 Å². The van der Waals surface area contributed by atoms with Crippen LogP contribution in [0.3, 0.4) is 0 Å². The van der Waals surface area contributed by atoms with Gasteiger partial charge >= 0.3 is 5.97 Å². The molecule has 0 radical (unpaired) electrons. The van der Waals surface area contributed by atoms with Gasteiger partial charge in [-0.15, -0.1) is 0 Å². The van der Waals surface area contributed by atoms with Crippen molar-refractivity contribution in [2.24, 2.45) is 5.73 Å². The van der Waals surface area contributed by atoms with Crippen LogP contribution in [0, 0.1) is 0 Å². The lowest BCUT2D eigenvalue weighted by molar-refractivity contribution is 0.0511. The van der Waals surface area contributed by atoms with Crippen molar-refractivity contribution < 1.29 is 28.5 Å². The molecule has 0 saturated heterocycles. The van der Waals surface area contributed by atoms with E-state index in [9.17, 15) is 9.59 Å². The number of methoxy groups -OCH3 is 1. The van der Waals surface area contributed by atoms with E-state index in [0.29, 0.717) is 11.4 Å². The summed E-state index contributed by atoms with van der Waals surface area (Å²) in [7, 11) is 1.55. The maximum Gasteiger partial charge on any atom is 0.359 e. The second kappa shape index (κ2) is 11.8. The third-order valence-electron chi connectivity index (χ3n) is 5.57. The predicted octanol–water partition coefficient (Wildman–Crippen LogP) is 4.92. The molecule has 1 aromatic heterocycles. The van der Waals surface area contributed by atoms with Gasteiger partial charge in [-0.3, -0.25) is 9.36 Å². The Kier molecular flexibility index (Phi) is 8.10. The highest BCUT2D eigenvalue weighted by Gasteiger charge is 2.34. The number of amides is 1. The second-order valence-electron chi connectivity index (χ2n) is 8.02. The van der Waals surface area contributed by atoms with Gasteiger partial charge in [0.15, 0.2) is 22.9 Å². The van der Waals surface area contributed by atoms with E-state index in [0.717, 1.165) is 11.1 Å². The molecular weight excluding hydrogens is 472 g/mol. The van der Waals surface area contributed by atoms with E-state index < -0.39 is 11.9 Å². The Labute approximate surface area is 215 Å². The number of ether oxygens (including phenoxy) is 4. The number of hydrogen-bond donors (Lipinski definition) is 1. The highest BCUT2D eigenvalue weighted by atomic mass is 16.5. The number of carbonyl (C=O) groups excluding carboxylic acids is 2. The van der Waals surface area contributed by atoms with Crippen molar-refractivity contribution in [3.8, 4) is 22.9 Å². The number of rotatable bonds is 11. The second-order valence-corrected chi connectivity index (χ2v) is 8.02. The normalized spacial score (nSPS) is 10.5. The Morgan fingerprint density at radius 1 is 0.757 bits per heavy atom. The fourth-order valence-corrected chi connectivity index (χ4v) is 3.85. The van der Waals surface area contributed by atoms with Crippen LogP contribution < -0.4 is 19.9 Å². The van der Waals surface area contributed by atoms with Crippen molar-refractivity contribution in [1.29, 1.82) is 0 Å². The fourth-order valence-electron chi connectivity index (χ4n) is 3.85. The number of nitrogens with two attached hydrogens (primary N) is 1. The van der Waals surface area contributed by atoms with Gasteiger partial charge in [-0.25, -0.2) is 4.79 Å². The molecular formula is C29H28N2O6. The number of benzene rings is 3. The Bertz CT molecular complexity index is 1350. The zero-order valence-electron chi connectivity index (χ0n) is 20.7. The minimum atomic E-state index is -0.793. The number of primary amides is 1. The largest absolute Gasteiger partial charge is 0.497 e. The van der Waals surface area contributed by atoms with Crippen LogP contribution in [0.4, 0.5) is 0 Å². The predicted molar refractivity (Wildman–Crippen MR) is 138 cm³/mol. The van der Waals surface area contributed by atoms with Gasteiger partial charge in [0.1, 0.15) is 19.0 Å². The number of hydrogen-bond acceptors (Lipinski definition) is 6. The molecule has 0 atom stereocenters. The maximum atomic E-state index is 13.3. The van der Waals surface area contributed by atoms with Gasteiger partial charge in [-0.1, -0.05) is 60.7 Å². The summed E-state index contributed by atoms with van der Waals surface area (Å²) in [5.41, 5.74) is 8.04. The lowest BCUT2D eigenvalue weighted by Gasteiger charge is -2.13. The molecule has 0 bridgehead atoms. The Balaban J connectivity index is 1.90. The molecule has 1 amide bonds. The molecule has 0 aliphatic carbocycles. The Morgan fingerprint density at radius 3 is 1.73 bits per heavy atom. The van der Waals surface area contributed by atoms with E-state index in [1.165, 1.54) is 4.57 Å². The third-order valence-corrected chi connectivity index (χ3v) is 5.57. The molecule has 8 heteroatoms. The average Bonchev–Trinajstić information content (AvgIpc) is 3.26. The van der Waals surface area contributed by atoms with Gasteiger partial charge in [-0.2, -0.15) is 0 Å². The molecule has 0 saturated carbocycles. The van der Waals surface area contributed by atoms with Crippen LogP contribution in [-0.2, 0) is 18.0 Å². The van der Waals surface area contributed by atoms with Gasteiger partial charge in [0.2, 0.25) is 0 Å². The zero-order valence-corrected chi connectivity index (χ0v) is 20.7. The average molecular weight is 501 g/mol. The van der Waals surface area contributed by atoms with Crippen molar-refractivity contribution >= 4 is 11.9 Å². The molecule has 8 nitrogen and oxygen atoms in total. The lowest BCUT2D eigenvalue weighted by atomic mass is 10.2. The van der Waals surface area contributed by atoms with Gasteiger partial charge in [0.25, 0.3) is 5.91 Å². The molecule has 0 aliphatic rings. The van der Waals surface area contributed by atoms with Gasteiger partial charge in [0.05, 0.1) is 13.7 Å². The van der Waals surface area contributed by atoms with Crippen LogP contribution in [0.1, 0.15) is 39.0 Å². The van der Waals surface area contributed by atoms with Crippen LogP contribution in [-0.4, -0.2) is 30.2 Å². The van der Waals surface area contributed by atoms with Crippen molar-refractivity contribution in [1.82, 2.24) is 4.57 Å². The molecule has 4 aromatic rings. The first-order chi connectivity index (χ1) is 18.0. The van der Waals surface area contributed by atoms with Gasteiger partial charge in [0, 0.05) is 5.69 Å². The van der Waals surface area contributed by atoms with Crippen LogP contribution >= 0.6 is 0 Å². The zero-order chi connectivity index (χ0) is 26.2. The number of nitrogens with zero attached hydrogens (tertiary/aromatic N) is 1. The first-order valence-corrected chi connectivity index (χ1v) is 11.8. The number of aromatic nitrogens is 1. The van der Waals surface area contributed by atoms with E-state index in [-0.39, 0.29) is 42.7 Å². The van der Waals surface area contributed by atoms with E-state index >= 15 is 0 Å². The highest BCUT2D eigenvalue weighted by Crippen LogP contribution is 2.42. The smallest absolute Gasteiger partial charge is 0.359 e. The van der Waals surface area contributed by atoms with E-state index in [1.807, 2.05) is 60.7 Å². The molecule has 3 aromatic carbocycles. The van der Waals surface area contributed by atoms with Crippen molar-refractivity contribution in [3.63, 3.8) is 0 Å². The van der Waals surface area contributed by atoms with Crippen molar-refractivity contribution in [2.45, 2.75) is 20.1 Å². The number of esters is 1. The SMILES string of the molecule is CCOC(=O)c1c(OCc2ccccc2)c(OCc2ccccc2)c(C(N)=O)n1-c1ccc(OC)cc1. The summed E-state index contributed by atoms with van der Waals surface area (Å²) >= 11 is 0. The third kappa shape index (κ3) is 5.75.